The first-order valence-electron chi connectivity index (χ1n) is 5.78. The summed E-state index contributed by atoms with van der Waals surface area (Å²) < 4.78 is 5.26. The van der Waals surface area contributed by atoms with Crippen LogP contribution in [0.3, 0.4) is 0 Å². The molecule has 1 atom stereocenters. The van der Waals surface area contributed by atoms with Crippen molar-refractivity contribution >= 4 is 5.91 Å². The van der Waals surface area contributed by atoms with Crippen molar-refractivity contribution in [2.75, 3.05) is 13.7 Å². The van der Waals surface area contributed by atoms with Gasteiger partial charge in [-0.3, -0.25) is 4.79 Å². The molecule has 0 bridgehead atoms. The van der Waals surface area contributed by atoms with E-state index in [0.29, 0.717) is 13.0 Å². The molecule has 1 fully saturated rings. The maximum atomic E-state index is 11.7. The number of amides is 1. The van der Waals surface area contributed by atoms with Crippen LogP contribution < -0.4 is 4.74 Å². The summed E-state index contributed by atoms with van der Waals surface area (Å²) in [5, 5.41) is 9.23. The van der Waals surface area contributed by atoms with E-state index >= 15 is 0 Å². The molecule has 0 saturated carbocycles. The summed E-state index contributed by atoms with van der Waals surface area (Å²) in [7, 11) is 1.62. The summed E-state index contributed by atoms with van der Waals surface area (Å²) in [4.78, 5) is 13.5. The highest BCUT2D eigenvalue weighted by Gasteiger charge is 2.30. The summed E-state index contributed by atoms with van der Waals surface area (Å²) in [6, 6.07) is 7.60. The van der Waals surface area contributed by atoms with Crippen molar-refractivity contribution in [2.24, 2.45) is 0 Å². The quantitative estimate of drug-likeness (QED) is 0.852. The van der Waals surface area contributed by atoms with Gasteiger partial charge in [-0.1, -0.05) is 18.2 Å². The van der Waals surface area contributed by atoms with Crippen molar-refractivity contribution in [3.05, 3.63) is 29.8 Å². The number of carbonyl (C=O) groups excluding carboxylic acids is 1. The van der Waals surface area contributed by atoms with Gasteiger partial charge in [0.25, 0.3) is 0 Å². The van der Waals surface area contributed by atoms with Crippen LogP contribution in [0.15, 0.2) is 24.3 Å². The van der Waals surface area contributed by atoms with E-state index in [1.54, 1.807) is 12.0 Å². The molecule has 0 spiro atoms. The average Bonchev–Trinajstić information content (AvgIpc) is 2.71. The van der Waals surface area contributed by atoms with Gasteiger partial charge in [0.05, 0.1) is 19.8 Å². The van der Waals surface area contributed by atoms with E-state index in [2.05, 4.69) is 0 Å². The number of hydrogen-bond acceptors (Lipinski definition) is 3. The van der Waals surface area contributed by atoms with Gasteiger partial charge in [0, 0.05) is 18.5 Å². The second-order valence-electron chi connectivity index (χ2n) is 4.21. The topological polar surface area (TPSA) is 49.8 Å². The van der Waals surface area contributed by atoms with Crippen molar-refractivity contribution < 1.29 is 14.6 Å². The van der Waals surface area contributed by atoms with E-state index in [1.807, 2.05) is 24.3 Å². The molecule has 1 heterocycles. The van der Waals surface area contributed by atoms with Gasteiger partial charge in [0.15, 0.2) is 0 Å². The lowest BCUT2D eigenvalue weighted by Gasteiger charge is -2.24. The molecule has 0 aromatic heterocycles. The lowest BCUT2D eigenvalue weighted by Crippen LogP contribution is -2.34. The van der Waals surface area contributed by atoms with Gasteiger partial charge in [0.1, 0.15) is 5.75 Å². The first-order valence-corrected chi connectivity index (χ1v) is 5.78. The van der Waals surface area contributed by atoms with Gasteiger partial charge in [0.2, 0.25) is 5.91 Å². The van der Waals surface area contributed by atoms with E-state index in [-0.39, 0.29) is 18.6 Å². The highest BCUT2D eigenvalue weighted by atomic mass is 16.5. The number of para-hydroxylation sites is 1. The Hall–Kier alpha value is -1.55. The summed E-state index contributed by atoms with van der Waals surface area (Å²) in [6.45, 7) is 0.537. The van der Waals surface area contributed by atoms with Crippen LogP contribution in [0.1, 0.15) is 18.4 Å². The molecule has 1 aromatic rings. The molecule has 0 aliphatic carbocycles. The number of benzene rings is 1. The minimum Gasteiger partial charge on any atom is -0.496 e. The third kappa shape index (κ3) is 2.42. The predicted molar refractivity (Wildman–Crippen MR) is 63.7 cm³/mol. The Balaban J connectivity index is 2.16. The average molecular weight is 235 g/mol. The molecule has 4 nitrogen and oxygen atoms in total. The number of rotatable bonds is 4. The predicted octanol–water partition coefficient (Wildman–Crippen LogP) is 1.18. The second-order valence-corrected chi connectivity index (χ2v) is 4.21. The smallest absolute Gasteiger partial charge is 0.223 e. The summed E-state index contributed by atoms with van der Waals surface area (Å²) >= 11 is 0. The fourth-order valence-electron chi connectivity index (χ4n) is 2.22. The van der Waals surface area contributed by atoms with Gasteiger partial charge in [-0.05, 0) is 12.5 Å². The van der Waals surface area contributed by atoms with Crippen molar-refractivity contribution in [1.29, 1.82) is 0 Å². The van der Waals surface area contributed by atoms with Crippen LogP contribution in [-0.4, -0.2) is 35.7 Å². The van der Waals surface area contributed by atoms with Crippen LogP contribution in [0, 0.1) is 0 Å². The Morgan fingerprint density at radius 3 is 2.94 bits per heavy atom. The highest BCUT2D eigenvalue weighted by Crippen LogP contribution is 2.25. The fourth-order valence-corrected chi connectivity index (χ4v) is 2.22. The maximum absolute atomic E-state index is 11.7. The normalized spacial score (nSPS) is 19.8. The van der Waals surface area contributed by atoms with Crippen LogP contribution >= 0.6 is 0 Å². The van der Waals surface area contributed by atoms with Crippen molar-refractivity contribution in [3.63, 3.8) is 0 Å². The first kappa shape index (κ1) is 11.9. The van der Waals surface area contributed by atoms with Gasteiger partial charge in [-0.25, -0.2) is 0 Å². The number of carbonyl (C=O) groups is 1. The number of aliphatic hydroxyl groups excluding tert-OH is 1. The number of methoxy groups -OCH3 is 1. The second kappa shape index (κ2) is 5.19. The lowest BCUT2D eigenvalue weighted by atomic mass is 10.1. The zero-order valence-electron chi connectivity index (χ0n) is 9.93. The zero-order valence-corrected chi connectivity index (χ0v) is 9.93. The number of likely N-dealkylation sites (tertiary alicyclic amines) is 1. The molecule has 1 aliphatic heterocycles. The van der Waals surface area contributed by atoms with Crippen molar-refractivity contribution in [2.45, 2.75) is 25.4 Å². The van der Waals surface area contributed by atoms with Crippen molar-refractivity contribution in [1.82, 2.24) is 4.90 Å². The minimum absolute atomic E-state index is 0.0287. The molecule has 1 saturated heterocycles. The molecule has 1 N–H and O–H groups in total. The molecule has 0 radical (unpaired) electrons. The van der Waals surface area contributed by atoms with Crippen LogP contribution in [0.2, 0.25) is 0 Å². The van der Waals surface area contributed by atoms with Gasteiger partial charge in [-0.15, -0.1) is 0 Å². The Kier molecular flexibility index (Phi) is 3.64. The summed E-state index contributed by atoms with van der Waals surface area (Å²) in [6.07, 6.45) is 1.27. The Bertz CT molecular complexity index is 405. The van der Waals surface area contributed by atoms with Crippen LogP contribution in [0.4, 0.5) is 0 Å². The Morgan fingerprint density at radius 1 is 1.47 bits per heavy atom. The van der Waals surface area contributed by atoms with E-state index in [4.69, 9.17) is 4.74 Å². The van der Waals surface area contributed by atoms with E-state index in [9.17, 15) is 9.90 Å². The third-order valence-corrected chi connectivity index (χ3v) is 3.20. The van der Waals surface area contributed by atoms with Crippen LogP contribution in [-0.2, 0) is 11.3 Å². The SMILES string of the molecule is COc1ccccc1CN1C(=O)CCC1CO. The Morgan fingerprint density at radius 2 is 2.24 bits per heavy atom. The van der Waals surface area contributed by atoms with Gasteiger partial charge >= 0.3 is 0 Å². The first-order chi connectivity index (χ1) is 8.26. The molecule has 4 heteroatoms. The van der Waals surface area contributed by atoms with Crippen molar-refractivity contribution in [3.8, 4) is 5.75 Å². The van der Waals surface area contributed by atoms with Crippen LogP contribution in [0.5, 0.6) is 5.75 Å². The van der Waals surface area contributed by atoms with E-state index in [1.165, 1.54) is 0 Å². The van der Waals surface area contributed by atoms with Gasteiger partial charge < -0.3 is 14.7 Å². The van der Waals surface area contributed by atoms with E-state index < -0.39 is 0 Å². The maximum Gasteiger partial charge on any atom is 0.223 e. The highest BCUT2D eigenvalue weighted by molar-refractivity contribution is 5.78. The number of nitrogens with zero attached hydrogens (tertiary/aromatic N) is 1. The molecule has 17 heavy (non-hydrogen) atoms. The lowest BCUT2D eigenvalue weighted by molar-refractivity contribution is -0.130. The number of aliphatic hydroxyl groups is 1. The molecular weight excluding hydrogens is 218 g/mol. The number of ether oxygens (including phenoxy) is 1. The standard InChI is InChI=1S/C13H17NO3/c1-17-12-5-3-2-4-10(12)8-14-11(9-15)6-7-13(14)16/h2-5,11,15H,6-9H2,1H3. The molecule has 1 aliphatic rings. The molecule has 92 valence electrons. The summed E-state index contributed by atoms with van der Waals surface area (Å²) in [5.41, 5.74) is 0.976. The fraction of sp³-hybridized carbons (Fsp3) is 0.462. The molecular formula is C13H17NO3. The van der Waals surface area contributed by atoms with E-state index in [0.717, 1.165) is 17.7 Å². The molecule has 1 unspecified atom stereocenters. The van der Waals surface area contributed by atoms with Gasteiger partial charge in [-0.2, -0.15) is 0 Å². The molecule has 1 aromatic carbocycles. The van der Waals surface area contributed by atoms with Crippen LogP contribution in [0.25, 0.3) is 0 Å². The molecule has 2 rings (SSSR count). The molecule has 1 amide bonds. The minimum atomic E-state index is -0.0487. The monoisotopic (exact) mass is 235 g/mol. The Labute approximate surface area is 101 Å². The number of hydrogen-bond donors (Lipinski definition) is 1. The third-order valence-electron chi connectivity index (χ3n) is 3.20. The summed E-state index contributed by atoms with van der Waals surface area (Å²) in [5.74, 6) is 0.888. The largest absolute Gasteiger partial charge is 0.496 e. The zero-order chi connectivity index (χ0) is 12.3.